The van der Waals surface area contributed by atoms with Crippen molar-refractivity contribution in [2.24, 2.45) is 0 Å². The number of ether oxygens (including phenoxy) is 2. The number of phenolic OH excluding ortho intramolecular Hbond substituents is 1. The number of hydrogen-bond donors (Lipinski definition) is 2. The quantitative estimate of drug-likeness (QED) is 0.444. The molecule has 0 aromatic heterocycles. The third kappa shape index (κ3) is 5.79. The molecule has 2 aromatic rings. The van der Waals surface area contributed by atoms with Gasteiger partial charge in [0.2, 0.25) is 0 Å². The van der Waals surface area contributed by atoms with Crippen LogP contribution in [0.5, 0.6) is 11.5 Å². The summed E-state index contributed by atoms with van der Waals surface area (Å²) in [4.78, 5) is 23.7. The van der Waals surface area contributed by atoms with E-state index >= 15 is 0 Å². The Hall–Kier alpha value is -3.30. The van der Waals surface area contributed by atoms with E-state index in [1.807, 2.05) is 58.0 Å². The summed E-state index contributed by atoms with van der Waals surface area (Å²) in [6.45, 7) is 7.82. The van der Waals surface area contributed by atoms with E-state index in [2.05, 4.69) is 5.32 Å². The van der Waals surface area contributed by atoms with Gasteiger partial charge in [0, 0.05) is 17.7 Å². The molecule has 8 nitrogen and oxygen atoms in total. The van der Waals surface area contributed by atoms with Gasteiger partial charge < -0.3 is 29.2 Å². The lowest BCUT2D eigenvalue weighted by atomic mass is 9.76. The summed E-state index contributed by atoms with van der Waals surface area (Å²) >= 11 is 0. The highest BCUT2D eigenvalue weighted by Crippen LogP contribution is 2.39. The zero-order valence-corrected chi connectivity index (χ0v) is 20.1. The van der Waals surface area contributed by atoms with Crippen LogP contribution < -0.4 is 10.1 Å². The van der Waals surface area contributed by atoms with Crippen LogP contribution in [0, 0.1) is 0 Å². The largest absolute Gasteiger partial charge is 0.504 e. The molecular weight excluding hydrogens is 437 g/mol. The van der Waals surface area contributed by atoms with E-state index in [1.54, 1.807) is 6.08 Å². The van der Waals surface area contributed by atoms with Crippen molar-refractivity contribution >= 4 is 25.6 Å². The topological polar surface area (TPSA) is 103 Å². The number of hydrogen-bond acceptors (Lipinski definition) is 7. The number of carbonyl (C=O) groups excluding carboxylic acids is 2. The maximum absolute atomic E-state index is 12.4. The molecule has 0 atom stereocenters. The third-order valence-electron chi connectivity index (χ3n) is 6.03. The van der Waals surface area contributed by atoms with E-state index < -0.39 is 24.4 Å². The maximum Gasteiger partial charge on any atom is 0.492 e. The number of aromatic hydroxyl groups is 1. The highest BCUT2D eigenvalue weighted by Gasteiger charge is 2.52. The first-order chi connectivity index (χ1) is 16.1. The summed E-state index contributed by atoms with van der Waals surface area (Å²) < 4.78 is 22.8. The lowest BCUT2D eigenvalue weighted by molar-refractivity contribution is 0.00578. The van der Waals surface area contributed by atoms with E-state index in [9.17, 15) is 14.7 Å². The second-order valence-electron chi connectivity index (χ2n) is 9.00. The van der Waals surface area contributed by atoms with Crippen LogP contribution in [0.1, 0.15) is 49.2 Å². The number of aldehydes is 1. The Kier molecular flexibility index (Phi) is 7.69. The van der Waals surface area contributed by atoms with Crippen molar-refractivity contribution in [3.63, 3.8) is 0 Å². The van der Waals surface area contributed by atoms with Crippen molar-refractivity contribution in [2.45, 2.75) is 45.5 Å². The molecule has 1 heterocycles. The van der Waals surface area contributed by atoms with Gasteiger partial charge in [0.15, 0.2) is 11.5 Å². The number of methoxy groups -OCH3 is 1. The Labute approximate surface area is 200 Å². The third-order valence-corrected chi connectivity index (χ3v) is 6.03. The van der Waals surface area contributed by atoms with Crippen molar-refractivity contribution < 1.29 is 33.5 Å². The standard InChI is InChI=1S/C25H30BNO7/c1-24(2)25(3,4)34-26(33-24)20(13-19-11-18(15-28)12-21(31-5)22(19)29)14-27-23(30)32-16-17-9-7-6-8-10-17/h6-13,15,29H,14,16H2,1-5H3,(H,27,30). The molecule has 9 heteroatoms. The van der Waals surface area contributed by atoms with Gasteiger partial charge in [-0.2, -0.15) is 0 Å². The van der Waals surface area contributed by atoms with Crippen LogP contribution in [0.4, 0.5) is 4.79 Å². The number of nitrogens with one attached hydrogen (secondary N) is 1. The minimum atomic E-state index is -0.801. The summed E-state index contributed by atoms with van der Waals surface area (Å²) in [6.07, 6.45) is 1.66. The van der Waals surface area contributed by atoms with Crippen LogP contribution in [0.3, 0.4) is 0 Å². The second-order valence-corrected chi connectivity index (χ2v) is 9.00. The van der Waals surface area contributed by atoms with Gasteiger partial charge in [-0.3, -0.25) is 4.79 Å². The SMILES string of the molecule is COc1cc(C=O)cc(C=C(CNC(=O)OCc2ccccc2)B2OC(C)(C)C(C)(C)O2)c1O. The van der Waals surface area contributed by atoms with Gasteiger partial charge in [-0.25, -0.2) is 4.79 Å². The molecule has 1 fully saturated rings. The minimum Gasteiger partial charge on any atom is -0.504 e. The predicted octanol–water partition coefficient (Wildman–Crippen LogP) is 4.15. The number of amides is 1. The molecule has 0 unspecified atom stereocenters. The highest BCUT2D eigenvalue weighted by atomic mass is 16.7. The van der Waals surface area contributed by atoms with Gasteiger partial charge in [0.1, 0.15) is 12.9 Å². The van der Waals surface area contributed by atoms with Gasteiger partial charge >= 0.3 is 13.2 Å². The molecule has 0 aliphatic carbocycles. The van der Waals surface area contributed by atoms with Crippen molar-refractivity contribution in [3.8, 4) is 11.5 Å². The van der Waals surface area contributed by atoms with Gasteiger partial charge in [-0.15, -0.1) is 0 Å². The van der Waals surface area contributed by atoms with Gasteiger partial charge in [-0.1, -0.05) is 36.4 Å². The first-order valence-corrected chi connectivity index (χ1v) is 10.9. The van der Waals surface area contributed by atoms with Crippen LogP contribution in [-0.2, 0) is 20.7 Å². The fourth-order valence-electron chi connectivity index (χ4n) is 3.33. The number of benzene rings is 2. The number of carbonyl (C=O) groups is 2. The van der Waals surface area contributed by atoms with Crippen LogP contribution in [0.25, 0.3) is 6.08 Å². The highest BCUT2D eigenvalue weighted by molar-refractivity contribution is 6.56. The molecule has 180 valence electrons. The van der Waals surface area contributed by atoms with Crippen LogP contribution >= 0.6 is 0 Å². The van der Waals surface area contributed by atoms with Crippen molar-refractivity contribution in [3.05, 3.63) is 64.6 Å². The Morgan fingerprint density at radius 1 is 1.12 bits per heavy atom. The lowest BCUT2D eigenvalue weighted by Gasteiger charge is -2.32. The molecule has 1 amide bonds. The van der Waals surface area contributed by atoms with Gasteiger partial charge in [-0.05, 0) is 50.9 Å². The van der Waals surface area contributed by atoms with Crippen LogP contribution in [0.15, 0.2) is 47.9 Å². The zero-order chi connectivity index (χ0) is 24.9. The van der Waals surface area contributed by atoms with Gasteiger partial charge in [0.05, 0.1) is 18.3 Å². The Bertz CT molecular complexity index is 1050. The smallest absolute Gasteiger partial charge is 0.492 e. The van der Waals surface area contributed by atoms with Crippen LogP contribution in [-0.4, -0.2) is 49.5 Å². The Balaban J connectivity index is 1.85. The van der Waals surface area contributed by atoms with E-state index in [-0.39, 0.29) is 24.7 Å². The van der Waals surface area contributed by atoms with E-state index in [4.69, 9.17) is 18.8 Å². The summed E-state index contributed by atoms with van der Waals surface area (Å²) in [7, 11) is 0.598. The number of phenols is 1. The lowest BCUT2D eigenvalue weighted by Crippen LogP contribution is -2.41. The Morgan fingerprint density at radius 2 is 1.76 bits per heavy atom. The molecule has 1 saturated heterocycles. The summed E-state index contributed by atoms with van der Waals surface area (Å²) in [5, 5.41) is 13.3. The first kappa shape index (κ1) is 25.3. The first-order valence-electron chi connectivity index (χ1n) is 10.9. The fourth-order valence-corrected chi connectivity index (χ4v) is 3.33. The van der Waals surface area contributed by atoms with E-state index in [0.717, 1.165) is 5.56 Å². The number of alkyl carbamates (subject to hydrolysis) is 1. The maximum atomic E-state index is 12.4. The normalized spacial score (nSPS) is 16.7. The molecule has 1 aliphatic heterocycles. The monoisotopic (exact) mass is 467 g/mol. The molecule has 0 radical (unpaired) electrons. The van der Waals surface area contributed by atoms with Crippen molar-refractivity contribution in [1.82, 2.24) is 5.32 Å². The molecule has 0 saturated carbocycles. The fraction of sp³-hybridized carbons (Fsp3) is 0.360. The van der Waals surface area contributed by atoms with E-state index in [1.165, 1.54) is 19.2 Å². The molecule has 34 heavy (non-hydrogen) atoms. The zero-order valence-electron chi connectivity index (χ0n) is 20.1. The van der Waals surface area contributed by atoms with Crippen molar-refractivity contribution in [1.29, 1.82) is 0 Å². The second kappa shape index (κ2) is 10.3. The molecule has 0 bridgehead atoms. The molecule has 3 rings (SSSR count). The Morgan fingerprint density at radius 3 is 2.35 bits per heavy atom. The van der Waals surface area contributed by atoms with Crippen LogP contribution in [0.2, 0.25) is 0 Å². The average Bonchev–Trinajstić information content (AvgIpc) is 3.03. The number of rotatable bonds is 8. The predicted molar refractivity (Wildman–Crippen MR) is 129 cm³/mol. The van der Waals surface area contributed by atoms with E-state index in [0.29, 0.717) is 22.9 Å². The van der Waals surface area contributed by atoms with Crippen molar-refractivity contribution in [2.75, 3.05) is 13.7 Å². The summed E-state index contributed by atoms with van der Waals surface area (Å²) in [6, 6.07) is 12.3. The minimum absolute atomic E-state index is 0.0253. The summed E-state index contributed by atoms with van der Waals surface area (Å²) in [5.74, 6) is 0.00752. The molecule has 2 aromatic carbocycles. The molecule has 1 aliphatic rings. The average molecular weight is 467 g/mol. The van der Waals surface area contributed by atoms with Gasteiger partial charge in [0.25, 0.3) is 0 Å². The molecule has 2 N–H and O–H groups in total. The molecular formula is C25H30BNO7. The summed E-state index contributed by atoms with van der Waals surface area (Å²) in [5.41, 5.74) is 0.803. The molecule has 0 spiro atoms.